The van der Waals surface area contributed by atoms with Crippen molar-refractivity contribution >= 4 is 5.97 Å². The molecule has 1 heterocycles. The Balaban J connectivity index is 2.53. The first-order chi connectivity index (χ1) is 9.30. The van der Waals surface area contributed by atoms with E-state index in [1.165, 1.54) is 18.2 Å². The molecule has 5 heteroatoms. The van der Waals surface area contributed by atoms with Gasteiger partial charge in [0.15, 0.2) is 5.69 Å². The number of aromatic nitrogens is 2. The lowest BCUT2D eigenvalue weighted by molar-refractivity contribution is 0.0689. The first-order valence-electron chi connectivity index (χ1n) is 6.16. The number of hydrogen-bond donors (Lipinski definition) is 1. The Morgan fingerprint density at radius 2 is 1.80 bits per heavy atom. The van der Waals surface area contributed by atoms with E-state index in [-0.39, 0.29) is 11.5 Å². The van der Waals surface area contributed by atoms with Crippen LogP contribution >= 0.6 is 0 Å². The lowest BCUT2D eigenvalue weighted by Crippen LogP contribution is -2.24. The fraction of sp³-hybridized carbons (Fsp3) is 0.267. The normalized spacial score (nSPS) is 11.4. The Kier molecular flexibility index (Phi) is 3.53. The van der Waals surface area contributed by atoms with Crippen LogP contribution in [0.2, 0.25) is 0 Å². The van der Waals surface area contributed by atoms with E-state index in [1.807, 2.05) is 13.8 Å². The third kappa shape index (κ3) is 2.66. The minimum Gasteiger partial charge on any atom is -0.477 e. The molecule has 0 radical (unpaired) electrons. The maximum atomic E-state index is 13.0. The highest BCUT2D eigenvalue weighted by Gasteiger charge is 2.27. The van der Waals surface area contributed by atoms with Crippen LogP contribution in [-0.2, 0) is 5.41 Å². The van der Waals surface area contributed by atoms with Crippen molar-refractivity contribution in [2.45, 2.75) is 26.2 Å². The van der Waals surface area contributed by atoms with E-state index in [1.54, 1.807) is 19.1 Å². The van der Waals surface area contributed by atoms with Gasteiger partial charge in [0.2, 0.25) is 0 Å². The summed E-state index contributed by atoms with van der Waals surface area (Å²) >= 11 is 0. The highest BCUT2D eigenvalue weighted by atomic mass is 19.1. The van der Waals surface area contributed by atoms with Crippen molar-refractivity contribution in [3.8, 4) is 0 Å². The van der Waals surface area contributed by atoms with E-state index >= 15 is 0 Å². The Morgan fingerprint density at radius 1 is 1.20 bits per heavy atom. The number of nitrogens with zero attached hydrogens (tertiary/aromatic N) is 2. The number of carboxylic acids is 1. The molecule has 1 aromatic heterocycles. The lowest BCUT2D eigenvalue weighted by Gasteiger charge is -2.24. The number of aryl methyl sites for hydroxylation is 1. The molecular weight excluding hydrogens is 259 g/mol. The molecule has 0 saturated carbocycles. The van der Waals surface area contributed by atoms with Crippen LogP contribution in [0.25, 0.3) is 0 Å². The summed E-state index contributed by atoms with van der Waals surface area (Å²) in [5.74, 6) is -1.01. The molecule has 4 nitrogen and oxygen atoms in total. The zero-order valence-electron chi connectivity index (χ0n) is 11.5. The van der Waals surface area contributed by atoms with Gasteiger partial charge in [-0.1, -0.05) is 12.1 Å². The van der Waals surface area contributed by atoms with E-state index in [2.05, 4.69) is 9.97 Å². The number of carbonyl (C=O) groups is 1. The predicted molar refractivity (Wildman–Crippen MR) is 72.3 cm³/mol. The second-order valence-corrected chi connectivity index (χ2v) is 5.16. The second-order valence-electron chi connectivity index (χ2n) is 5.16. The topological polar surface area (TPSA) is 63.1 Å². The number of aromatic carboxylic acids is 1. The molecule has 0 spiro atoms. The first kappa shape index (κ1) is 14.1. The predicted octanol–water partition coefficient (Wildman–Crippen LogP) is 2.95. The van der Waals surface area contributed by atoms with Crippen LogP contribution in [0, 0.1) is 12.7 Å². The molecule has 0 aliphatic rings. The Labute approximate surface area is 116 Å². The van der Waals surface area contributed by atoms with E-state index < -0.39 is 11.4 Å². The van der Waals surface area contributed by atoms with Gasteiger partial charge in [0, 0.05) is 11.1 Å². The molecule has 0 atom stereocenters. The number of rotatable bonds is 3. The number of hydrogen-bond acceptors (Lipinski definition) is 3. The zero-order chi connectivity index (χ0) is 14.9. The Bertz CT molecular complexity index is 651. The minimum atomic E-state index is -1.09. The van der Waals surface area contributed by atoms with Gasteiger partial charge in [-0.3, -0.25) is 0 Å². The maximum absolute atomic E-state index is 13.0. The van der Waals surface area contributed by atoms with Crippen molar-refractivity contribution in [3.63, 3.8) is 0 Å². The van der Waals surface area contributed by atoms with E-state index in [0.717, 1.165) is 5.56 Å². The molecule has 1 N–H and O–H groups in total. The van der Waals surface area contributed by atoms with Crippen LogP contribution in [0.3, 0.4) is 0 Å². The van der Waals surface area contributed by atoms with Gasteiger partial charge in [0.25, 0.3) is 0 Å². The van der Waals surface area contributed by atoms with Gasteiger partial charge in [-0.25, -0.2) is 19.2 Å². The molecule has 0 bridgehead atoms. The fourth-order valence-corrected chi connectivity index (χ4v) is 1.95. The highest BCUT2D eigenvalue weighted by molar-refractivity contribution is 5.85. The molecule has 20 heavy (non-hydrogen) atoms. The molecule has 2 rings (SSSR count). The third-order valence-corrected chi connectivity index (χ3v) is 3.20. The van der Waals surface area contributed by atoms with Crippen molar-refractivity contribution in [2.24, 2.45) is 0 Å². The van der Waals surface area contributed by atoms with E-state index in [0.29, 0.717) is 11.5 Å². The van der Waals surface area contributed by atoms with Crippen LogP contribution in [-0.4, -0.2) is 21.0 Å². The molecule has 1 aromatic carbocycles. The fourth-order valence-electron chi connectivity index (χ4n) is 1.95. The van der Waals surface area contributed by atoms with Gasteiger partial charge in [-0.05, 0) is 44.5 Å². The largest absolute Gasteiger partial charge is 0.477 e. The number of halogens is 1. The monoisotopic (exact) mass is 274 g/mol. The minimum absolute atomic E-state index is 0.0392. The lowest BCUT2D eigenvalue weighted by atomic mass is 9.83. The SMILES string of the molecule is Cc1cc(C(=O)O)nc(C(C)(C)c2ccc(F)cc2)n1. The van der Waals surface area contributed by atoms with Crippen LogP contribution in [0.15, 0.2) is 30.3 Å². The summed E-state index contributed by atoms with van der Waals surface area (Å²) in [5, 5.41) is 9.07. The maximum Gasteiger partial charge on any atom is 0.354 e. The summed E-state index contributed by atoms with van der Waals surface area (Å²) in [5.41, 5.74) is 0.760. The van der Waals surface area contributed by atoms with Gasteiger partial charge < -0.3 is 5.11 Å². The van der Waals surface area contributed by atoms with Crippen LogP contribution < -0.4 is 0 Å². The molecular formula is C15H15FN2O2. The third-order valence-electron chi connectivity index (χ3n) is 3.20. The Hall–Kier alpha value is -2.30. The molecule has 0 unspecified atom stereocenters. The van der Waals surface area contributed by atoms with E-state index in [4.69, 9.17) is 5.11 Å². The molecule has 104 valence electrons. The van der Waals surface area contributed by atoms with Crippen molar-refractivity contribution in [1.82, 2.24) is 9.97 Å². The van der Waals surface area contributed by atoms with Gasteiger partial charge in [0.05, 0.1) is 0 Å². The van der Waals surface area contributed by atoms with Gasteiger partial charge >= 0.3 is 5.97 Å². The Morgan fingerprint density at radius 3 is 2.35 bits per heavy atom. The quantitative estimate of drug-likeness (QED) is 0.934. The summed E-state index contributed by atoms with van der Waals surface area (Å²) in [6.07, 6.45) is 0. The molecule has 2 aromatic rings. The van der Waals surface area contributed by atoms with Crippen molar-refractivity contribution < 1.29 is 14.3 Å². The average molecular weight is 274 g/mol. The summed E-state index contributed by atoms with van der Waals surface area (Å²) in [7, 11) is 0. The van der Waals surface area contributed by atoms with Crippen molar-refractivity contribution in [2.75, 3.05) is 0 Å². The average Bonchev–Trinajstić information content (AvgIpc) is 2.38. The van der Waals surface area contributed by atoms with Crippen molar-refractivity contribution in [3.05, 3.63) is 58.9 Å². The van der Waals surface area contributed by atoms with Gasteiger partial charge in [-0.2, -0.15) is 0 Å². The van der Waals surface area contributed by atoms with E-state index in [9.17, 15) is 9.18 Å². The summed E-state index contributed by atoms with van der Waals surface area (Å²) in [6, 6.07) is 7.46. The highest BCUT2D eigenvalue weighted by Crippen LogP contribution is 2.29. The van der Waals surface area contributed by atoms with Crippen LogP contribution in [0.5, 0.6) is 0 Å². The molecule has 0 aliphatic heterocycles. The summed E-state index contributed by atoms with van der Waals surface area (Å²) in [4.78, 5) is 19.5. The molecule has 0 fully saturated rings. The van der Waals surface area contributed by atoms with Gasteiger partial charge in [0.1, 0.15) is 11.6 Å². The smallest absolute Gasteiger partial charge is 0.354 e. The summed E-state index contributed by atoms with van der Waals surface area (Å²) in [6.45, 7) is 5.47. The summed E-state index contributed by atoms with van der Waals surface area (Å²) < 4.78 is 13.0. The first-order valence-corrected chi connectivity index (χ1v) is 6.16. The zero-order valence-corrected chi connectivity index (χ0v) is 11.5. The molecule has 0 amide bonds. The number of benzene rings is 1. The molecule has 0 aliphatic carbocycles. The molecule has 0 saturated heterocycles. The number of carboxylic acid groups (broad SMARTS) is 1. The standard InChI is InChI=1S/C15H15FN2O2/c1-9-8-12(13(19)20)18-14(17-9)15(2,3)10-4-6-11(16)7-5-10/h4-8H,1-3H3,(H,19,20). The van der Waals surface area contributed by atoms with Crippen LogP contribution in [0.1, 0.15) is 41.4 Å². The van der Waals surface area contributed by atoms with Crippen LogP contribution in [0.4, 0.5) is 4.39 Å². The van der Waals surface area contributed by atoms with Crippen molar-refractivity contribution in [1.29, 1.82) is 0 Å². The van der Waals surface area contributed by atoms with Gasteiger partial charge in [-0.15, -0.1) is 0 Å². The second kappa shape index (κ2) is 5.00.